The molecule has 2 aromatic rings. The van der Waals surface area contributed by atoms with Crippen molar-refractivity contribution >= 4 is 22.6 Å². The monoisotopic (exact) mass is 400 g/mol. The highest BCUT2D eigenvalue weighted by atomic mass is 16.5. The van der Waals surface area contributed by atoms with E-state index in [1.807, 2.05) is 24.3 Å². The summed E-state index contributed by atoms with van der Waals surface area (Å²) in [7, 11) is 3.18. The Morgan fingerprint density at radius 1 is 1.10 bits per heavy atom. The lowest BCUT2D eigenvalue weighted by molar-refractivity contribution is -0.136. The highest BCUT2D eigenvalue weighted by Gasteiger charge is 2.37. The maximum absolute atomic E-state index is 13.2. The molecule has 1 heterocycles. The standard InChI is InChI=1S/C22H28N2O5/c1-28-14-12-23(13-15-29-2)22(27)19-8-5-11-24(19)21(26)18-10-9-16-6-3-4-7-17(16)20(18)25/h3-4,6-7,9-10,19,25H,5,8,11-15H2,1-2H3. The summed E-state index contributed by atoms with van der Waals surface area (Å²) in [6.45, 7) is 2.21. The molecule has 1 N–H and O–H groups in total. The van der Waals surface area contributed by atoms with Gasteiger partial charge < -0.3 is 24.4 Å². The predicted molar refractivity (Wildman–Crippen MR) is 110 cm³/mol. The summed E-state index contributed by atoms with van der Waals surface area (Å²) in [5.41, 5.74) is 0.226. The van der Waals surface area contributed by atoms with E-state index in [-0.39, 0.29) is 23.1 Å². The van der Waals surface area contributed by atoms with E-state index in [2.05, 4.69) is 0 Å². The zero-order valence-corrected chi connectivity index (χ0v) is 17.0. The molecule has 0 aliphatic carbocycles. The quantitative estimate of drug-likeness (QED) is 0.735. The van der Waals surface area contributed by atoms with Crippen molar-refractivity contribution in [3.63, 3.8) is 0 Å². The van der Waals surface area contributed by atoms with E-state index in [4.69, 9.17) is 9.47 Å². The Morgan fingerprint density at radius 2 is 1.79 bits per heavy atom. The fourth-order valence-electron chi connectivity index (χ4n) is 3.79. The second-order valence-electron chi connectivity index (χ2n) is 7.15. The van der Waals surface area contributed by atoms with Gasteiger partial charge in [0.15, 0.2) is 0 Å². The average molecular weight is 400 g/mol. The molecule has 1 aliphatic rings. The topological polar surface area (TPSA) is 79.3 Å². The third-order valence-corrected chi connectivity index (χ3v) is 5.37. The Kier molecular flexibility index (Phi) is 7.06. The lowest BCUT2D eigenvalue weighted by Crippen LogP contribution is -2.49. The number of likely N-dealkylation sites (tertiary alicyclic amines) is 1. The molecule has 1 unspecified atom stereocenters. The number of amides is 2. The summed E-state index contributed by atoms with van der Waals surface area (Å²) in [6, 6.07) is 10.3. The molecule has 1 aliphatic heterocycles. The number of carbonyl (C=O) groups excluding carboxylic acids is 2. The molecule has 0 aromatic heterocycles. The van der Waals surface area contributed by atoms with Crippen LogP contribution in [0.25, 0.3) is 10.8 Å². The molecular weight excluding hydrogens is 372 g/mol. The molecule has 7 heteroatoms. The number of phenolic OH excluding ortho intramolecular Hbond substituents is 1. The lowest BCUT2D eigenvalue weighted by atomic mass is 10.0. The first-order valence-electron chi connectivity index (χ1n) is 9.86. The zero-order valence-electron chi connectivity index (χ0n) is 17.0. The molecule has 7 nitrogen and oxygen atoms in total. The van der Waals surface area contributed by atoms with Gasteiger partial charge in [0.25, 0.3) is 5.91 Å². The van der Waals surface area contributed by atoms with Crippen LogP contribution in [-0.2, 0) is 14.3 Å². The zero-order chi connectivity index (χ0) is 20.8. The molecule has 1 fully saturated rings. The van der Waals surface area contributed by atoms with Gasteiger partial charge in [0.2, 0.25) is 5.91 Å². The molecule has 2 aromatic carbocycles. The van der Waals surface area contributed by atoms with Crippen molar-refractivity contribution in [2.75, 3.05) is 47.1 Å². The van der Waals surface area contributed by atoms with Gasteiger partial charge in [-0.25, -0.2) is 0 Å². The molecule has 1 atom stereocenters. The van der Waals surface area contributed by atoms with Crippen molar-refractivity contribution in [1.82, 2.24) is 9.80 Å². The third kappa shape index (κ3) is 4.52. The second-order valence-corrected chi connectivity index (χ2v) is 7.15. The van der Waals surface area contributed by atoms with E-state index < -0.39 is 6.04 Å². The summed E-state index contributed by atoms with van der Waals surface area (Å²) in [4.78, 5) is 29.6. The maximum Gasteiger partial charge on any atom is 0.258 e. The molecule has 0 saturated carbocycles. The molecule has 3 rings (SSSR count). The Balaban J connectivity index is 1.83. The van der Waals surface area contributed by atoms with E-state index in [0.717, 1.165) is 11.8 Å². The number of carbonyl (C=O) groups is 2. The summed E-state index contributed by atoms with van der Waals surface area (Å²) >= 11 is 0. The molecule has 29 heavy (non-hydrogen) atoms. The first-order valence-corrected chi connectivity index (χ1v) is 9.86. The maximum atomic E-state index is 13.2. The number of phenols is 1. The van der Waals surface area contributed by atoms with Crippen LogP contribution in [0.3, 0.4) is 0 Å². The molecule has 0 bridgehead atoms. The van der Waals surface area contributed by atoms with Crippen LogP contribution in [0, 0.1) is 0 Å². The van der Waals surface area contributed by atoms with Crippen LogP contribution >= 0.6 is 0 Å². The summed E-state index contributed by atoms with van der Waals surface area (Å²) in [5.74, 6) is -0.463. The molecule has 1 saturated heterocycles. The number of aromatic hydroxyl groups is 1. The molecule has 0 radical (unpaired) electrons. The van der Waals surface area contributed by atoms with Crippen molar-refractivity contribution < 1.29 is 24.2 Å². The molecule has 0 spiro atoms. The highest BCUT2D eigenvalue weighted by Crippen LogP contribution is 2.31. The van der Waals surface area contributed by atoms with Gasteiger partial charge in [0, 0.05) is 39.2 Å². The third-order valence-electron chi connectivity index (χ3n) is 5.37. The van der Waals surface area contributed by atoms with Gasteiger partial charge in [-0.3, -0.25) is 9.59 Å². The van der Waals surface area contributed by atoms with Crippen LogP contribution < -0.4 is 0 Å². The van der Waals surface area contributed by atoms with Crippen molar-refractivity contribution in [1.29, 1.82) is 0 Å². The van der Waals surface area contributed by atoms with Gasteiger partial charge in [-0.2, -0.15) is 0 Å². The van der Waals surface area contributed by atoms with Crippen molar-refractivity contribution in [2.45, 2.75) is 18.9 Å². The smallest absolute Gasteiger partial charge is 0.258 e. The van der Waals surface area contributed by atoms with Crippen LogP contribution in [0.1, 0.15) is 23.2 Å². The number of methoxy groups -OCH3 is 2. The Labute approximate surface area is 170 Å². The number of hydrogen-bond donors (Lipinski definition) is 1. The number of benzene rings is 2. The Bertz CT molecular complexity index is 861. The highest BCUT2D eigenvalue weighted by molar-refractivity contribution is 6.05. The molecule has 156 valence electrons. The van der Waals surface area contributed by atoms with E-state index in [9.17, 15) is 14.7 Å². The largest absolute Gasteiger partial charge is 0.506 e. The van der Waals surface area contributed by atoms with Crippen LogP contribution in [0.5, 0.6) is 5.75 Å². The van der Waals surface area contributed by atoms with Crippen molar-refractivity contribution in [3.8, 4) is 5.75 Å². The van der Waals surface area contributed by atoms with E-state index in [1.54, 1.807) is 36.2 Å². The first-order chi connectivity index (χ1) is 14.1. The number of ether oxygens (including phenoxy) is 2. The minimum absolute atomic E-state index is 0.0400. The summed E-state index contributed by atoms with van der Waals surface area (Å²) in [5, 5.41) is 12.2. The number of hydrogen-bond acceptors (Lipinski definition) is 5. The number of fused-ring (bicyclic) bond motifs is 1. The minimum Gasteiger partial charge on any atom is -0.506 e. The fraction of sp³-hybridized carbons (Fsp3) is 0.455. The van der Waals surface area contributed by atoms with E-state index >= 15 is 0 Å². The SMILES string of the molecule is COCCN(CCOC)C(=O)C1CCCN1C(=O)c1ccc2ccccc2c1O. The van der Waals surface area contributed by atoms with Gasteiger partial charge in [-0.15, -0.1) is 0 Å². The second kappa shape index (κ2) is 9.71. The van der Waals surface area contributed by atoms with Gasteiger partial charge in [0.05, 0.1) is 18.8 Å². The fourth-order valence-corrected chi connectivity index (χ4v) is 3.79. The minimum atomic E-state index is -0.540. The predicted octanol–water partition coefficient (Wildman–Crippen LogP) is 2.27. The van der Waals surface area contributed by atoms with E-state index in [0.29, 0.717) is 44.7 Å². The van der Waals surface area contributed by atoms with Crippen LogP contribution in [0.4, 0.5) is 0 Å². The van der Waals surface area contributed by atoms with Crippen LogP contribution in [-0.4, -0.2) is 79.8 Å². The number of rotatable bonds is 8. The van der Waals surface area contributed by atoms with Gasteiger partial charge in [-0.05, 0) is 24.3 Å². The Morgan fingerprint density at radius 3 is 2.48 bits per heavy atom. The number of nitrogens with zero attached hydrogens (tertiary/aromatic N) is 2. The average Bonchev–Trinajstić information content (AvgIpc) is 3.23. The summed E-state index contributed by atoms with van der Waals surface area (Å²) < 4.78 is 10.2. The Hall–Kier alpha value is -2.64. The molecule has 2 amide bonds. The molecular formula is C22H28N2O5. The first kappa shape index (κ1) is 21.1. The van der Waals surface area contributed by atoms with Crippen molar-refractivity contribution in [2.24, 2.45) is 0 Å². The van der Waals surface area contributed by atoms with Crippen LogP contribution in [0.2, 0.25) is 0 Å². The normalized spacial score (nSPS) is 16.3. The van der Waals surface area contributed by atoms with Gasteiger partial charge in [-0.1, -0.05) is 30.3 Å². The lowest BCUT2D eigenvalue weighted by Gasteiger charge is -2.30. The summed E-state index contributed by atoms with van der Waals surface area (Å²) in [6.07, 6.45) is 1.36. The van der Waals surface area contributed by atoms with Gasteiger partial charge >= 0.3 is 0 Å². The van der Waals surface area contributed by atoms with E-state index in [1.165, 1.54) is 0 Å². The van der Waals surface area contributed by atoms with Gasteiger partial charge in [0.1, 0.15) is 11.8 Å². The van der Waals surface area contributed by atoms with Crippen LogP contribution in [0.15, 0.2) is 36.4 Å². The van der Waals surface area contributed by atoms with Crippen molar-refractivity contribution in [3.05, 3.63) is 42.0 Å².